The smallest absolute Gasteiger partial charge is 0.387 e. The fraction of sp³-hybridized carbons (Fsp3) is 0.350. The molecule has 3 rings (SSSR count). The molecule has 1 heterocycles. The van der Waals surface area contributed by atoms with E-state index >= 15 is 0 Å². The maximum atomic E-state index is 14.0. The second kappa shape index (κ2) is 8.69. The number of amides is 1. The number of nitrogens with zero attached hydrogens (tertiary/aromatic N) is 2. The molecule has 2 aromatic rings. The summed E-state index contributed by atoms with van der Waals surface area (Å²) in [5.41, 5.74) is -1.12. The number of carbonyl (C=O) groups is 1. The molecule has 0 saturated carbocycles. The lowest BCUT2D eigenvalue weighted by molar-refractivity contribution is -0.139. The highest BCUT2D eigenvalue weighted by Crippen LogP contribution is 2.34. The van der Waals surface area contributed by atoms with E-state index in [0.717, 1.165) is 12.1 Å². The Morgan fingerprint density at radius 1 is 1.10 bits per heavy atom. The van der Waals surface area contributed by atoms with Gasteiger partial charge in [-0.25, -0.2) is 4.39 Å². The molecular formula is C20H19ClF4N2O2. The first-order valence-electron chi connectivity index (χ1n) is 8.97. The van der Waals surface area contributed by atoms with Crippen LogP contribution in [0, 0.1) is 5.82 Å². The number of halogens is 5. The van der Waals surface area contributed by atoms with Crippen LogP contribution in [-0.2, 0) is 6.18 Å². The van der Waals surface area contributed by atoms with Crippen molar-refractivity contribution < 1.29 is 27.5 Å². The van der Waals surface area contributed by atoms with Gasteiger partial charge in [-0.15, -0.1) is 0 Å². The first kappa shape index (κ1) is 21.5. The molecule has 156 valence electrons. The summed E-state index contributed by atoms with van der Waals surface area (Å²) in [4.78, 5) is 15.7. The van der Waals surface area contributed by atoms with Crippen molar-refractivity contribution >= 4 is 17.5 Å². The van der Waals surface area contributed by atoms with Gasteiger partial charge in [0.2, 0.25) is 0 Å². The second-order valence-electron chi connectivity index (χ2n) is 6.82. The predicted molar refractivity (Wildman–Crippen MR) is 100 cm³/mol. The zero-order chi connectivity index (χ0) is 21.2. The zero-order valence-electron chi connectivity index (χ0n) is 15.3. The summed E-state index contributed by atoms with van der Waals surface area (Å²) < 4.78 is 53.4. The quantitative estimate of drug-likeness (QED) is 0.746. The van der Waals surface area contributed by atoms with Crippen molar-refractivity contribution in [2.24, 2.45) is 0 Å². The Morgan fingerprint density at radius 2 is 1.76 bits per heavy atom. The van der Waals surface area contributed by atoms with Gasteiger partial charge in [0.05, 0.1) is 17.2 Å². The lowest BCUT2D eigenvalue weighted by Gasteiger charge is -2.36. The van der Waals surface area contributed by atoms with Gasteiger partial charge in [0, 0.05) is 37.7 Å². The first-order chi connectivity index (χ1) is 13.7. The van der Waals surface area contributed by atoms with Crippen molar-refractivity contribution in [3.05, 3.63) is 70.0 Å². The van der Waals surface area contributed by atoms with Gasteiger partial charge in [-0.05, 0) is 29.8 Å². The average Bonchev–Trinajstić information content (AvgIpc) is 2.67. The minimum Gasteiger partial charge on any atom is -0.387 e. The topological polar surface area (TPSA) is 43.8 Å². The van der Waals surface area contributed by atoms with Gasteiger partial charge in [-0.3, -0.25) is 9.69 Å². The van der Waals surface area contributed by atoms with Gasteiger partial charge >= 0.3 is 6.18 Å². The third-order valence-corrected chi connectivity index (χ3v) is 5.11. The zero-order valence-corrected chi connectivity index (χ0v) is 16.0. The fourth-order valence-corrected chi connectivity index (χ4v) is 3.51. The molecule has 1 atom stereocenters. The number of benzene rings is 2. The van der Waals surface area contributed by atoms with E-state index in [0.29, 0.717) is 13.1 Å². The molecule has 1 N–H and O–H groups in total. The van der Waals surface area contributed by atoms with E-state index in [2.05, 4.69) is 0 Å². The summed E-state index contributed by atoms with van der Waals surface area (Å²) in [5, 5.41) is 10.5. The van der Waals surface area contributed by atoms with Crippen molar-refractivity contribution in [3.8, 4) is 0 Å². The van der Waals surface area contributed by atoms with E-state index in [1.165, 1.54) is 35.2 Å². The van der Waals surface area contributed by atoms with E-state index in [1.807, 2.05) is 0 Å². The number of hydrogen-bond donors (Lipinski definition) is 1. The monoisotopic (exact) mass is 430 g/mol. The Balaban J connectivity index is 1.61. The van der Waals surface area contributed by atoms with E-state index in [9.17, 15) is 27.5 Å². The van der Waals surface area contributed by atoms with Crippen LogP contribution in [0.15, 0.2) is 42.5 Å². The van der Waals surface area contributed by atoms with Crippen LogP contribution in [-0.4, -0.2) is 53.5 Å². The largest absolute Gasteiger partial charge is 0.416 e. The third-order valence-electron chi connectivity index (χ3n) is 4.88. The molecule has 1 fully saturated rings. The van der Waals surface area contributed by atoms with Crippen LogP contribution >= 0.6 is 11.6 Å². The van der Waals surface area contributed by atoms with Crippen molar-refractivity contribution in [2.45, 2.75) is 12.3 Å². The number of alkyl halides is 3. The van der Waals surface area contributed by atoms with Crippen LogP contribution < -0.4 is 0 Å². The standard InChI is InChI=1S/C20H19ClF4N2O2/c21-13-5-6-15(17(22)11-13)19(29)27-9-7-26(8-10-27)12-18(28)14-3-1-2-4-16(14)20(23,24)25/h1-6,11,18,28H,7-10,12H2. The Bertz CT molecular complexity index is 883. The molecule has 0 radical (unpaired) electrons. The number of hydrogen-bond acceptors (Lipinski definition) is 3. The molecule has 4 nitrogen and oxygen atoms in total. The Hall–Kier alpha value is -2.16. The molecule has 2 aromatic carbocycles. The number of piperazine rings is 1. The van der Waals surface area contributed by atoms with E-state index in [1.54, 1.807) is 4.90 Å². The van der Waals surface area contributed by atoms with Crippen LogP contribution in [0.1, 0.15) is 27.6 Å². The summed E-state index contributed by atoms with van der Waals surface area (Å²) in [6.07, 6.45) is -5.87. The number of carbonyl (C=O) groups excluding carboxylic acids is 1. The predicted octanol–water partition coefficient (Wildman–Crippen LogP) is 3.99. The van der Waals surface area contributed by atoms with E-state index < -0.39 is 29.6 Å². The maximum Gasteiger partial charge on any atom is 0.416 e. The van der Waals surface area contributed by atoms with Gasteiger partial charge in [-0.2, -0.15) is 13.2 Å². The Kier molecular flexibility index (Phi) is 6.45. The molecule has 9 heteroatoms. The molecule has 1 saturated heterocycles. The van der Waals surface area contributed by atoms with Gasteiger partial charge in [0.25, 0.3) is 5.91 Å². The van der Waals surface area contributed by atoms with Crippen molar-refractivity contribution in [2.75, 3.05) is 32.7 Å². The van der Waals surface area contributed by atoms with Crippen LogP contribution in [0.2, 0.25) is 5.02 Å². The van der Waals surface area contributed by atoms with Crippen LogP contribution in [0.4, 0.5) is 17.6 Å². The van der Waals surface area contributed by atoms with E-state index in [-0.39, 0.29) is 35.8 Å². The van der Waals surface area contributed by atoms with Gasteiger partial charge in [0.1, 0.15) is 5.82 Å². The molecular weight excluding hydrogens is 412 g/mol. The lowest BCUT2D eigenvalue weighted by atomic mass is 10.0. The first-order valence-corrected chi connectivity index (χ1v) is 9.35. The summed E-state index contributed by atoms with van der Waals surface area (Å²) in [5.74, 6) is -1.18. The van der Waals surface area contributed by atoms with Gasteiger partial charge < -0.3 is 10.0 Å². The number of β-amino-alcohol motifs (C(OH)–C–C–N with tert-alkyl or cyclic N) is 1. The molecule has 1 amide bonds. The molecule has 1 aliphatic heterocycles. The second-order valence-corrected chi connectivity index (χ2v) is 7.25. The van der Waals surface area contributed by atoms with Crippen molar-refractivity contribution in [3.63, 3.8) is 0 Å². The average molecular weight is 431 g/mol. The SMILES string of the molecule is O=C(c1ccc(Cl)cc1F)N1CCN(CC(O)c2ccccc2C(F)(F)F)CC1. The van der Waals surface area contributed by atoms with Crippen molar-refractivity contribution in [1.29, 1.82) is 0 Å². The van der Waals surface area contributed by atoms with Crippen molar-refractivity contribution in [1.82, 2.24) is 9.80 Å². The molecule has 1 unspecified atom stereocenters. The fourth-order valence-electron chi connectivity index (χ4n) is 3.36. The van der Waals surface area contributed by atoms with Crippen LogP contribution in [0.3, 0.4) is 0 Å². The number of aliphatic hydroxyl groups is 1. The molecule has 0 spiro atoms. The highest BCUT2D eigenvalue weighted by molar-refractivity contribution is 6.30. The minimum absolute atomic E-state index is 0.00439. The van der Waals surface area contributed by atoms with Gasteiger partial charge in [0.15, 0.2) is 0 Å². The summed E-state index contributed by atoms with van der Waals surface area (Å²) in [6.45, 7) is 1.26. The molecule has 29 heavy (non-hydrogen) atoms. The molecule has 0 bridgehead atoms. The van der Waals surface area contributed by atoms with Crippen LogP contribution in [0.5, 0.6) is 0 Å². The Morgan fingerprint density at radius 3 is 2.38 bits per heavy atom. The number of aliphatic hydroxyl groups excluding tert-OH is 1. The maximum absolute atomic E-state index is 14.0. The summed E-state index contributed by atoms with van der Waals surface area (Å²) in [7, 11) is 0. The Labute approximate surface area is 170 Å². The summed E-state index contributed by atoms with van der Waals surface area (Å²) in [6, 6.07) is 8.75. The molecule has 1 aliphatic rings. The highest BCUT2D eigenvalue weighted by Gasteiger charge is 2.35. The summed E-state index contributed by atoms with van der Waals surface area (Å²) >= 11 is 5.70. The minimum atomic E-state index is -4.55. The van der Waals surface area contributed by atoms with Gasteiger partial charge in [-0.1, -0.05) is 29.8 Å². The molecule has 0 aliphatic carbocycles. The van der Waals surface area contributed by atoms with Crippen LogP contribution in [0.25, 0.3) is 0 Å². The third kappa shape index (κ3) is 5.07. The molecule has 0 aromatic heterocycles. The number of rotatable bonds is 4. The van der Waals surface area contributed by atoms with E-state index in [4.69, 9.17) is 11.6 Å². The normalized spacial score (nSPS) is 16.7. The lowest BCUT2D eigenvalue weighted by Crippen LogP contribution is -2.49. The highest BCUT2D eigenvalue weighted by atomic mass is 35.5.